The van der Waals surface area contributed by atoms with E-state index in [1.165, 1.54) is 6.07 Å². The molecule has 0 heterocycles. The average Bonchev–Trinajstić information content (AvgIpc) is 3.33. The van der Waals surface area contributed by atoms with Crippen LogP contribution in [0.1, 0.15) is 28.8 Å². The molecule has 0 unspecified atom stereocenters. The molecule has 6 nitrogen and oxygen atoms in total. The molecule has 1 amide bonds. The van der Waals surface area contributed by atoms with Crippen LogP contribution in [0.3, 0.4) is 0 Å². The predicted molar refractivity (Wildman–Crippen MR) is 88.9 cm³/mol. The van der Waals surface area contributed by atoms with Crippen LogP contribution >= 0.6 is 0 Å². The summed E-state index contributed by atoms with van der Waals surface area (Å²) in [6.45, 7) is 1.96. The summed E-state index contributed by atoms with van der Waals surface area (Å²) in [5.41, 5.74) is 2.40. The molecular weight excluding hydrogens is 294 g/mol. The molecule has 2 aromatic carbocycles. The monoisotopic (exact) mass is 311 g/mol. The highest BCUT2D eigenvalue weighted by molar-refractivity contribution is 6.05. The van der Waals surface area contributed by atoms with Crippen molar-refractivity contribution in [2.75, 3.05) is 10.6 Å². The second-order valence-electron chi connectivity index (χ2n) is 5.73. The van der Waals surface area contributed by atoms with Crippen LogP contribution in [0.5, 0.6) is 0 Å². The van der Waals surface area contributed by atoms with Gasteiger partial charge in [-0.25, -0.2) is 0 Å². The Balaban J connectivity index is 1.80. The van der Waals surface area contributed by atoms with Crippen molar-refractivity contribution in [3.05, 3.63) is 63.7 Å². The van der Waals surface area contributed by atoms with Gasteiger partial charge in [-0.1, -0.05) is 17.7 Å². The third kappa shape index (κ3) is 3.66. The van der Waals surface area contributed by atoms with Gasteiger partial charge in [-0.2, -0.15) is 0 Å². The van der Waals surface area contributed by atoms with E-state index in [9.17, 15) is 14.9 Å². The van der Waals surface area contributed by atoms with Crippen molar-refractivity contribution in [1.82, 2.24) is 0 Å². The van der Waals surface area contributed by atoms with E-state index < -0.39 is 4.92 Å². The van der Waals surface area contributed by atoms with Gasteiger partial charge in [0, 0.05) is 23.4 Å². The Kier molecular flexibility index (Phi) is 3.97. The summed E-state index contributed by atoms with van der Waals surface area (Å²) < 4.78 is 0. The topological polar surface area (TPSA) is 84.3 Å². The van der Waals surface area contributed by atoms with Crippen LogP contribution in [-0.2, 0) is 0 Å². The number of aryl methyl sites for hydroxylation is 1. The van der Waals surface area contributed by atoms with Crippen molar-refractivity contribution in [3.8, 4) is 0 Å². The highest BCUT2D eigenvalue weighted by Gasteiger charge is 2.25. The van der Waals surface area contributed by atoms with Gasteiger partial charge in [-0.05, 0) is 44.0 Å². The fourth-order valence-corrected chi connectivity index (χ4v) is 2.23. The number of hydrogen-bond acceptors (Lipinski definition) is 4. The maximum atomic E-state index is 12.3. The molecule has 6 heteroatoms. The first-order valence-corrected chi connectivity index (χ1v) is 7.46. The molecule has 0 radical (unpaired) electrons. The number of benzene rings is 2. The Hall–Kier alpha value is -2.89. The smallest absolute Gasteiger partial charge is 0.293 e. The van der Waals surface area contributed by atoms with E-state index in [-0.39, 0.29) is 17.2 Å². The average molecular weight is 311 g/mol. The standard InChI is InChI=1S/C17H17N3O3/c1-11-2-5-14(6-3-11)19-17(21)12-4-9-15(18-13-7-8-13)16(10-12)20(22)23/h2-6,9-10,13,18H,7-8H2,1H3,(H,19,21). The zero-order valence-corrected chi connectivity index (χ0v) is 12.7. The number of anilines is 2. The largest absolute Gasteiger partial charge is 0.377 e. The molecule has 0 spiro atoms. The lowest BCUT2D eigenvalue weighted by atomic mass is 10.1. The second kappa shape index (κ2) is 6.08. The van der Waals surface area contributed by atoms with Gasteiger partial charge in [0.25, 0.3) is 11.6 Å². The zero-order valence-electron chi connectivity index (χ0n) is 12.7. The van der Waals surface area contributed by atoms with E-state index in [2.05, 4.69) is 10.6 Å². The molecule has 2 aromatic rings. The van der Waals surface area contributed by atoms with Gasteiger partial charge >= 0.3 is 0 Å². The van der Waals surface area contributed by atoms with Gasteiger partial charge in [0.1, 0.15) is 5.69 Å². The molecule has 2 N–H and O–H groups in total. The molecular formula is C17H17N3O3. The quantitative estimate of drug-likeness (QED) is 0.651. The Morgan fingerprint density at radius 1 is 1.17 bits per heavy atom. The minimum Gasteiger partial charge on any atom is -0.377 e. The maximum absolute atomic E-state index is 12.3. The lowest BCUT2D eigenvalue weighted by Gasteiger charge is -2.09. The number of nitro groups is 1. The van der Waals surface area contributed by atoms with E-state index in [4.69, 9.17) is 0 Å². The van der Waals surface area contributed by atoms with E-state index in [1.807, 2.05) is 19.1 Å². The van der Waals surface area contributed by atoms with Crippen molar-refractivity contribution in [2.24, 2.45) is 0 Å². The Bertz CT molecular complexity index is 752. The van der Waals surface area contributed by atoms with Crippen LogP contribution in [0.4, 0.5) is 17.1 Å². The number of amides is 1. The predicted octanol–water partition coefficient (Wildman–Crippen LogP) is 3.73. The lowest BCUT2D eigenvalue weighted by Crippen LogP contribution is -2.13. The van der Waals surface area contributed by atoms with Gasteiger partial charge in [-0.15, -0.1) is 0 Å². The fraction of sp³-hybridized carbons (Fsp3) is 0.235. The second-order valence-corrected chi connectivity index (χ2v) is 5.73. The lowest BCUT2D eigenvalue weighted by molar-refractivity contribution is -0.384. The number of carbonyl (C=O) groups is 1. The van der Waals surface area contributed by atoms with E-state index in [1.54, 1.807) is 24.3 Å². The molecule has 118 valence electrons. The first-order valence-electron chi connectivity index (χ1n) is 7.46. The van der Waals surface area contributed by atoms with Crippen molar-refractivity contribution < 1.29 is 9.72 Å². The van der Waals surface area contributed by atoms with Crippen LogP contribution < -0.4 is 10.6 Å². The molecule has 0 aliphatic heterocycles. The number of hydrogen-bond donors (Lipinski definition) is 2. The maximum Gasteiger partial charge on any atom is 0.293 e. The summed E-state index contributed by atoms with van der Waals surface area (Å²) in [4.78, 5) is 23.0. The molecule has 0 aromatic heterocycles. The SMILES string of the molecule is Cc1ccc(NC(=O)c2ccc(NC3CC3)c([N+](=O)[O-])c2)cc1. The molecule has 23 heavy (non-hydrogen) atoms. The summed E-state index contributed by atoms with van der Waals surface area (Å²) in [5.74, 6) is -0.366. The van der Waals surface area contributed by atoms with Gasteiger partial charge < -0.3 is 10.6 Å². The Morgan fingerprint density at radius 3 is 2.48 bits per heavy atom. The van der Waals surface area contributed by atoms with Crippen LogP contribution in [0.15, 0.2) is 42.5 Å². The van der Waals surface area contributed by atoms with Crippen LogP contribution in [0.2, 0.25) is 0 Å². The van der Waals surface area contributed by atoms with E-state index in [0.717, 1.165) is 18.4 Å². The van der Waals surface area contributed by atoms with Gasteiger partial charge in [-0.3, -0.25) is 14.9 Å². The van der Waals surface area contributed by atoms with Crippen LogP contribution in [-0.4, -0.2) is 16.9 Å². The van der Waals surface area contributed by atoms with Crippen LogP contribution in [0, 0.1) is 17.0 Å². The van der Waals surface area contributed by atoms with Crippen molar-refractivity contribution >= 4 is 23.0 Å². The minimum absolute atomic E-state index is 0.0755. The Labute approximate surface area is 133 Å². The zero-order chi connectivity index (χ0) is 16.4. The highest BCUT2D eigenvalue weighted by Crippen LogP contribution is 2.31. The number of rotatable bonds is 5. The summed E-state index contributed by atoms with van der Waals surface area (Å²) in [7, 11) is 0. The summed E-state index contributed by atoms with van der Waals surface area (Å²) in [5, 5.41) is 17.1. The van der Waals surface area contributed by atoms with E-state index in [0.29, 0.717) is 17.4 Å². The first kappa shape index (κ1) is 15.0. The third-order valence-electron chi connectivity index (χ3n) is 3.70. The summed E-state index contributed by atoms with van der Waals surface area (Å²) in [6, 6.07) is 12.2. The fourth-order valence-electron chi connectivity index (χ4n) is 2.23. The molecule has 1 fully saturated rings. The molecule has 0 atom stereocenters. The molecule has 0 bridgehead atoms. The third-order valence-corrected chi connectivity index (χ3v) is 3.70. The highest BCUT2D eigenvalue weighted by atomic mass is 16.6. The number of carbonyl (C=O) groups excluding carboxylic acids is 1. The molecule has 0 saturated heterocycles. The Morgan fingerprint density at radius 2 is 1.87 bits per heavy atom. The van der Waals surface area contributed by atoms with Crippen LogP contribution in [0.25, 0.3) is 0 Å². The molecule has 1 aliphatic rings. The summed E-state index contributed by atoms with van der Waals surface area (Å²) in [6.07, 6.45) is 2.04. The van der Waals surface area contributed by atoms with Gasteiger partial charge in [0.05, 0.1) is 4.92 Å². The number of nitrogens with one attached hydrogen (secondary N) is 2. The molecule has 3 rings (SSSR count). The van der Waals surface area contributed by atoms with E-state index >= 15 is 0 Å². The normalized spacial score (nSPS) is 13.4. The minimum atomic E-state index is -0.465. The van der Waals surface area contributed by atoms with Crippen molar-refractivity contribution in [2.45, 2.75) is 25.8 Å². The number of nitrogens with zero attached hydrogens (tertiary/aromatic N) is 1. The summed E-state index contributed by atoms with van der Waals surface area (Å²) >= 11 is 0. The first-order chi connectivity index (χ1) is 11.0. The van der Waals surface area contributed by atoms with Crippen molar-refractivity contribution in [3.63, 3.8) is 0 Å². The molecule has 1 saturated carbocycles. The van der Waals surface area contributed by atoms with Gasteiger partial charge in [0.15, 0.2) is 0 Å². The van der Waals surface area contributed by atoms with Gasteiger partial charge in [0.2, 0.25) is 0 Å². The molecule has 1 aliphatic carbocycles. The van der Waals surface area contributed by atoms with Crippen molar-refractivity contribution in [1.29, 1.82) is 0 Å². The number of nitro benzene ring substituents is 1.